The SMILES string of the molecule is Nc1ccc(S(=O)(=O)NCCC2=CCCC2)cc1Br. The fourth-order valence-corrected chi connectivity index (χ4v) is 3.66. The van der Waals surface area contributed by atoms with Gasteiger partial charge in [0, 0.05) is 16.7 Å². The third-order valence-electron chi connectivity index (χ3n) is 3.16. The number of halogens is 1. The van der Waals surface area contributed by atoms with Crippen LogP contribution in [0.4, 0.5) is 5.69 Å². The minimum Gasteiger partial charge on any atom is -0.398 e. The highest BCUT2D eigenvalue weighted by atomic mass is 79.9. The maximum atomic E-state index is 12.1. The lowest BCUT2D eigenvalue weighted by molar-refractivity contribution is 0.581. The number of benzene rings is 1. The minimum atomic E-state index is -3.45. The first-order valence-corrected chi connectivity index (χ1v) is 8.49. The molecule has 19 heavy (non-hydrogen) atoms. The molecule has 0 bridgehead atoms. The van der Waals surface area contributed by atoms with Crippen molar-refractivity contribution in [2.75, 3.05) is 12.3 Å². The van der Waals surface area contributed by atoms with Gasteiger partial charge in [0.25, 0.3) is 0 Å². The molecule has 0 unspecified atom stereocenters. The van der Waals surface area contributed by atoms with E-state index in [0.717, 1.165) is 19.3 Å². The topological polar surface area (TPSA) is 72.2 Å². The van der Waals surface area contributed by atoms with Crippen LogP contribution in [-0.4, -0.2) is 15.0 Å². The molecule has 0 aliphatic heterocycles. The van der Waals surface area contributed by atoms with Crippen LogP contribution in [0.15, 0.2) is 39.2 Å². The normalized spacial score (nSPS) is 15.5. The van der Waals surface area contributed by atoms with E-state index in [0.29, 0.717) is 16.7 Å². The van der Waals surface area contributed by atoms with Gasteiger partial charge in [0.2, 0.25) is 10.0 Å². The van der Waals surface area contributed by atoms with E-state index in [4.69, 9.17) is 5.73 Å². The summed E-state index contributed by atoms with van der Waals surface area (Å²) in [5.74, 6) is 0. The molecule has 1 aromatic carbocycles. The molecule has 3 N–H and O–H groups in total. The zero-order valence-electron chi connectivity index (χ0n) is 10.5. The average molecular weight is 345 g/mol. The van der Waals surface area contributed by atoms with Gasteiger partial charge in [0.15, 0.2) is 0 Å². The zero-order chi connectivity index (χ0) is 13.9. The summed E-state index contributed by atoms with van der Waals surface area (Å²) >= 11 is 3.23. The Bertz CT molecular complexity index is 597. The highest BCUT2D eigenvalue weighted by Crippen LogP contribution is 2.23. The minimum absolute atomic E-state index is 0.231. The van der Waals surface area contributed by atoms with Crippen molar-refractivity contribution < 1.29 is 8.42 Å². The third kappa shape index (κ3) is 3.81. The van der Waals surface area contributed by atoms with Crippen molar-refractivity contribution in [2.24, 2.45) is 0 Å². The van der Waals surface area contributed by atoms with Crippen molar-refractivity contribution >= 4 is 31.6 Å². The fraction of sp³-hybridized carbons (Fsp3) is 0.385. The van der Waals surface area contributed by atoms with Gasteiger partial charge in [0.1, 0.15) is 0 Å². The molecule has 0 aromatic heterocycles. The van der Waals surface area contributed by atoms with E-state index < -0.39 is 10.0 Å². The number of nitrogens with two attached hydrogens (primary N) is 1. The summed E-state index contributed by atoms with van der Waals surface area (Å²) in [6.07, 6.45) is 6.39. The number of nitrogens with one attached hydrogen (secondary N) is 1. The summed E-state index contributed by atoms with van der Waals surface area (Å²) < 4.78 is 27.4. The van der Waals surface area contributed by atoms with Crippen LogP contribution in [0.5, 0.6) is 0 Å². The number of hydrogen-bond acceptors (Lipinski definition) is 3. The number of sulfonamides is 1. The molecule has 2 rings (SSSR count). The predicted octanol–water partition coefficient (Wildman–Crippen LogP) is 2.81. The molecule has 0 atom stereocenters. The Balaban J connectivity index is 1.99. The third-order valence-corrected chi connectivity index (χ3v) is 5.30. The number of anilines is 1. The summed E-state index contributed by atoms with van der Waals surface area (Å²) in [6, 6.07) is 4.61. The molecular formula is C13H17BrN2O2S. The molecule has 0 fully saturated rings. The van der Waals surface area contributed by atoms with E-state index in [1.54, 1.807) is 6.07 Å². The van der Waals surface area contributed by atoms with Crippen LogP contribution in [0, 0.1) is 0 Å². The van der Waals surface area contributed by atoms with E-state index in [2.05, 4.69) is 26.7 Å². The summed E-state index contributed by atoms with van der Waals surface area (Å²) in [5.41, 5.74) is 7.52. The Kier molecular flexibility index (Phi) is 4.65. The van der Waals surface area contributed by atoms with Crippen LogP contribution in [0.3, 0.4) is 0 Å². The van der Waals surface area contributed by atoms with Crippen molar-refractivity contribution in [3.8, 4) is 0 Å². The van der Waals surface area contributed by atoms with E-state index in [1.165, 1.54) is 24.1 Å². The molecule has 1 aromatic rings. The second-order valence-corrected chi connectivity index (χ2v) is 7.21. The van der Waals surface area contributed by atoms with Gasteiger partial charge in [-0.25, -0.2) is 13.1 Å². The summed E-state index contributed by atoms with van der Waals surface area (Å²) in [4.78, 5) is 0.231. The first-order valence-electron chi connectivity index (χ1n) is 6.21. The van der Waals surface area contributed by atoms with Gasteiger partial charge < -0.3 is 5.73 Å². The second kappa shape index (κ2) is 6.07. The number of allylic oxidation sites excluding steroid dienone is 1. The maximum absolute atomic E-state index is 12.1. The summed E-state index contributed by atoms with van der Waals surface area (Å²) in [5, 5.41) is 0. The molecule has 104 valence electrons. The first-order chi connectivity index (χ1) is 8.99. The number of rotatable bonds is 5. The summed E-state index contributed by atoms with van der Waals surface area (Å²) in [7, 11) is -3.45. The van der Waals surface area contributed by atoms with Crippen molar-refractivity contribution in [1.29, 1.82) is 0 Å². The van der Waals surface area contributed by atoms with Crippen molar-refractivity contribution in [3.05, 3.63) is 34.3 Å². The van der Waals surface area contributed by atoms with Crippen molar-refractivity contribution in [3.63, 3.8) is 0 Å². The average Bonchev–Trinajstić information content (AvgIpc) is 2.85. The largest absolute Gasteiger partial charge is 0.398 e. The monoisotopic (exact) mass is 344 g/mol. The first kappa shape index (κ1) is 14.6. The molecule has 0 saturated carbocycles. The molecule has 0 spiro atoms. The van der Waals surface area contributed by atoms with Crippen LogP contribution in [0.2, 0.25) is 0 Å². The van der Waals surface area contributed by atoms with E-state index in [9.17, 15) is 8.42 Å². The highest BCUT2D eigenvalue weighted by molar-refractivity contribution is 9.10. The van der Waals surface area contributed by atoms with Crippen LogP contribution in [0.1, 0.15) is 25.7 Å². The van der Waals surface area contributed by atoms with Crippen molar-refractivity contribution in [2.45, 2.75) is 30.6 Å². The van der Waals surface area contributed by atoms with E-state index in [1.807, 2.05) is 0 Å². The highest BCUT2D eigenvalue weighted by Gasteiger charge is 2.15. The lowest BCUT2D eigenvalue weighted by Gasteiger charge is -2.08. The van der Waals surface area contributed by atoms with Gasteiger partial charge in [-0.1, -0.05) is 11.6 Å². The Morgan fingerprint density at radius 1 is 1.37 bits per heavy atom. The summed E-state index contributed by atoms with van der Waals surface area (Å²) in [6.45, 7) is 0.441. The molecule has 0 amide bonds. The van der Waals surface area contributed by atoms with Crippen molar-refractivity contribution in [1.82, 2.24) is 4.72 Å². The van der Waals surface area contributed by atoms with E-state index >= 15 is 0 Å². The number of hydrogen-bond donors (Lipinski definition) is 2. The van der Waals surface area contributed by atoms with Crippen LogP contribution < -0.4 is 10.5 Å². The molecule has 4 nitrogen and oxygen atoms in total. The maximum Gasteiger partial charge on any atom is 0.240 e. The molecule has 1 aliphatic carbocycles. The molecule has 0 radical (unpaired) electrons. The smallest absolute Gasteiger partial charge is 0.240 e. The molecule has 0 saturated heterocycles. The Labute approximate surface area is 122 Å². The van der Waals surface area contributed by atoms with Gasteiger partial charge in [-0.2, -0.15) is 0 Å². The van der Waals surface area contributed by atoms with Crippen LogP contribution >= 0.6 is 15.9 Å². The van der Waals surface area contributed by atoms with Gasteiger partial charge in [-0.3, -0.25) is 0 Å². The van der Waals surface area contributed by atoms with Gasteiger partial charge in [0.05, 0.1) is 4.90 Å². The predicted molar refractivity (Wildman–Crippen MR) is 80.3 cm³/mol. The van der Waals surface area contributed by atoms with E-state index in [-0.39, 0.29) is 4.90 Å². The molecular weight excluding hydrogens is 328 g/mol. The Hall–Kier alpha value is -0.850. The van der Waals surface area contributed by atoms with Gasteiger partial charge in [-0.05, 0) is 59.8 Å². The Morgan fingerprint density at radius 3 is 2.79 bits per heavy atom. The molecule has 0 heterocycles. The quantitative estimate of drug-likeness (QED) is 0.637. The molecule has 6 heteroatoms. The Morgan fingerprint density at radius 2 is 2.16 bits per heavy atom. The standard InChI is InChI=1S/C13H17BrN2O2S/c14-12-9-11(5-6-13(12)15)19(17,18)16-8-7-10-3-1-2-4-10/h3,5-6,9,16H,1-2,4,7-8,15H2. The second-order valence-electron chi connectivity index (χ2n) is 4.59. The van der Waals surface area contributed by atoms with Gasteiger partial charge in [-0.15, -0.1) is 0 Å². The van der Waals surface area contributed by atoms with Crippen LogP contribution in [-0.2, 0) is 10.0 Å². The molecule has 1 aliphatic rings. The van der Waals surface area contributed by atoms with Crippen LogP contribution in [0.25, 0.3) is 0 Å². The van der Waals surface area contributed by atoms with Gasteiger partial charge >= 0.3 is 0 Å². The number of nitrogen functional groups attached to an aromatic ring is 1. The lowest BCUT2D eigenvalue weighted by atomic mass is 10.2. The lowest BCUT2D eigenvalue weighted by Crippen LogP contribution is -2.25. The zero-order valence-corrected chi connectivity index (χ0v) is 12.9. The fourth-order valence-electron chi connectivity index (χ4n) is 2.07.